The van der Waals surface area contributed by atoms with Gasteiger partial charge in [-0.15, -0.1) is 0 Å². The molecule has 1 amide bonds. The minimum atomic E-state index is -0.207. The molecule has 2 N–H and O–H groups in total. The van der Waals surface area contributed by atoms with Crippen LogP contribution in [-0.2, 0) is 11.2 Å². The van der Waals surface area contributed by atoms with Crippen LogP contribution in [0.5, 0.6) is 0 Å². The number of hydrogen-bond acceptors (Lipinski definition) is 2. The third kappa shape index (κ3) is 6.76. The van der Waals surface area contributed by atoms with E-state index < -0.39 is 0 Å². The first-order valence-corrected chi connectivity index (χ1v) is 7.93. The number of carbonyl (C=O) groups excluding carboxylic acids is 1. The number of amides is 1. The van der Waals surface area contributed by atoms with Crippen LogP contribution in [-0.4, -0.2) is 31.4 Å². The molecule has 0 fully saturated rings. The van der Waals surface area contributed by atoms with Crippen molar-refractivity contribution in [2.75, 3.05) is 20.6 Å². The average molecular weight is 290 g/mol. The van der Waals surface area contributed by atoms with Gasteiger partial charge in [-0.25, -0.2) is 0 Å². The van der Waals surface area contributed by atoms with Crippen LogP contribution in [0.3, 0.4) is 0 Å². The summed E-state index contributed by atoms with van der Waals surface area (Å²) in [5, 5.41) is 0. The Morgan fingerprint density at radius 1 is 1.24 bits per heavy atom. The van der Waals surface area contributed by atoms with E-state index >= 15 is 0 Å². The molecular formula is C18H30N2O. The highest BCUT2D eigenvalue weighted by Gasteiger charge is 2.17. The summed E-state index contributed by atoms with van der Waals surface area (Å²) in [5.74, 6) is 0.258. The maximum absolute atomic E-state index is 11.8. The Labute approximate surface area is 129 Å². The zero-order chi connectivity index (χ0) is 15.8. The first kappa shape index (κ1) is 17.7. The number of unbranched alkanes of at least 4 members (excludes halogenated alkanes) is 1. The molecule has 1 unspecified atom stereocenters. The number of carbonyl (C=O) groups is 1. The second-order valence-electron chi connectivity index (χ2n) is 6.60. The fraction of sp³-hybridized carbons (Fsp3) is 0.611. The van der Waals surface area contributed by atoms with Crippen molar-refractivity contribution in [3.05, 3.63) is 35.4 Å². The zero-order valence-electron chi connectivity index (χ0n) is 13.9. The molecule has 0 aliphatic heterocycles. The molecule has 0 saturated heterocycles. The molecule has 0 aliphatic rings. The molecule has 1 rings (SSSR count). The highest BCUT2D eigenvalue weighted by Crippen LogP contribution is 2.23. The molecule has 0 aliphatic carbocycles. The van der Waals surface area contributed by atoms with E-state index in [-0.39, 0.29) is 11.8 Å². The second kappa shape index (κ2) is 8.83. The minimum absolute atomic E-state index is 0.153. The first-order valence-electron chi connectivity index (χ1n) is 7.93. The smallest absolute Gasteiger partial charge is 0.224 e. The molecule has 1 atom stereocenters. The van der Waals surface area contributed by atoms with E-state index in [4.69, 9.17) is 5.73 Å². The number of rotatable bonds is 9. The van der Waals surface area contributed by atoms with Gasteiger partial charge in [0, 0.05) is 0 Å². The molecule has 21 heavy (non-hydrogen) atoms. The Morgan fingerprint density at radius 3 is 2.52 bits per heavy atom. The van der Waals surface area contributed by atoms with Crippen LogP contribution in [0.4, 0.5) is 0 Å². The van der Waals surface area contributed by atoms with Gasteiger partial charge in [-0.2, -0.15) is 0 Å². The molecule has 3 nitrogen and oxygen atoms in total. The van der Waals surface area contributed by atoms with Gasteiger partial charge < -0.3 is 10.6 Å². The molecule has 0 aromatic heterocycles. The summed E-state index contributed by atoms with van der Waals surface area (Å²) in [6.45, 7) is 5.47. The minimum Gasteiger partial charge on any atom is -0.369 e. The third-order valence-corrected chi connectivity index (χ3v) is 3.69. The summed E-state index contributed by atoms with van der Waals surface area (Å²) in [6.07, 6.45) is 4.01. The van der Waals surface area contributed by atoms with Gasteiger partial charge in [0.05, 0.1) is 5.92 Å². The summed E-state index contributed by atoms with van der Waals surface area (Å²) in [5.41, 5.74) is 7.98. The van der Waals surface area contributed by atoms with Gasteiger partial charge in [-0.05, 0) is 56.9 Å². The lowest BCUT2D eigenvalue weighted by Crippen LogP contribution is -2.22. The largest absolute Gasteiger partial charge is 0.369 e. The van der Waals surface area contributed by atoms with E-state index in [2.05, 4.69) is 45.0 Å². The highest BCUT2D eigenvalue weighted by molar-refractivity contribution is 5.81. The molecule has 118 valence electrons. The third-order valence-electron chi connectivity index (χ3n) is 3.69. The van der Waals surface area contributed by atoms with Gasteiger partial charge in [-0.3, -0.25) is 4.79 Å². The van der Waals surface area contributed by atoms with Gasteiger partial charge in [0.25, 0.3) is 0 Å². The summed E-state index contributed by atoms with van der Waals surface area (Å²) in [4.78, 5) is 13.9. The predicted octanol–water partition coefficient (Wildman–Crippen LogP) is 3.19. The SMILES string of the molecule is CC(C)Cc1cccc(C(CCCCN(C)C)C(N)=O)c1. The maximum atomic E-state index is 11.8. The van der Waals surface area contributed by atoms with E-state index in [9.17, 15) is 4.79 Å². The van der Waals surface area contributed by atoms with Crippen molar-refractivity contribution in [2.24, 2.45) is 11.7 Å². The fourth-order valence-corrected chi connectivity index (χ4v) is 2.66. The lowest BCUT2D eigenvalue weighted by molar-refractivity contribution is -0.119. The van der Waals surface area contributed by atoms with E-state index in [1.807, 2.05) is 12.1 Å². The van der Waals surface area contributed by atoms with Crippen molar-refractivity contribution in [1.29, 1.82) is 0 Å². The maximum Gasteiger partial charge on any atom is 0.224 e. The number of nitrogens with two attached hydrogens (primary N) is 1. The highest BCUT2D eigenvalue weighted by atomic mass is 16.1. The van der Waals surface area contributed by atoms with Crippen molar-refractivity contribution < 1.29 is 4.79 Å². The molecule has 1 aromatic rings. The van der Waals surface area contributed by atoms with Gasteiger partial charge >= 0.3 is 0 Å². The van der Waals surface area contributed by atoms with Crippen LogP contribution in [0.1, 0.15) is 50.2 Å². The molecule has 0 radical (unpaired) electrons. The number of hydrogen-bond donors (Lipinski definition) is 1. The average Bonchev–Trinajstić information content (AvgIpc) is 2.37. The van der Waals surface area contributed by atoms with Crippen LogP contribution >= 0.6 is 0 Å². The van der Waals surface area contributed by atoms with Crippen molar-refractivity contribution in [3.8, 4) is 0 Å². The monoisotopic (exact) mass is 290 g/mol. The van der Waals surface area contributed by atoms with Crippen molar-refractivity contribution in [1.82, 2.24) is 4.90 Å². The standard InChI is InChI=1S/C18H30N2O/c1-14(2)12-15-8-7-9-16(13-15)17(18(19)21)10-5-6-11-20(3)4/h7-9,13-14,17H,5-6,10-12H2,1-4H3,(H2,19,21). The lowest BCUT2D eigenvalue weighted by Gasteiger charge is -2.16. The number of primary amides is 1. The van der Waals surface area contributed by atoms with Crippen LogP contribution in [0.25, 0.3) is 0 Å². The Hall–Kier alpha value is -1.35. The van der Waals surface area contributed by atoms with Crippen molar-refractivity contribution >= 4 is 5.91 Å². The molecule has 3 heteroatoms. The predicted molar refractivity (Wildman–Crippen MR) is 89.3 cm³/mol. The van der Waals surface area contributed by atoms with Gasteiger partial charge in [0.15, 0.2) is 0 Å². The van der Waals surface area contributed by atoms with E-state index in [1.165, 1.54) is 5.56 Å². The summed E-state index contributed by atoms with van der Waals surface area (Å²) >= 11 is 0. The van der Waals surface area contributed by atoms with Gasteiger partial charge in [0.2, 0.25) is 5.91 Å². The summed E-state index contributed by atoms with van der Waals surface area (Å²) < 4.78 is 0. The zero-order valence-corrected chi connectivity index (χ0v) is 13.9. The molecular weight excluding hydrogens is 260 g/mol. The Morgan fingerprint density at radius 2 is 1.95 bits per heavy atom. The van der Waals surface area contributed by atoms with Crippen LogP contribution in [0.2, 0.25) is 0 Å². The normalized spacial score (nSPS) is 12.9. The number of benzene rings is 1. The van der Waals surface area contributed by atoms with Crippen LogP contribution < -0.4 is 5.73 Å². The molecule has 0 bridgehead atoms. The quantitative estimate of drug-likeness (QED) is 0.710. The molecule has 1 aromatic carbocycles. The van der Waals surface area contributed by atoms with Gasteiger partial charge in [-0.1, -0.05) is 44.5 Å². The van der Waals surface area contributed by atoms with E-state index in [1.54, 1.807) is 0 Å². The Balaban J connectivity index is 2.69. The van der Waals surface area contributed by atoms with Gasteiger partial charge in [0.1, 0.15) is 0 Å². The van der Waals surface area contributed by atoms with Crippen LogP contribution in [0, 0.1) is 5.92 Å². The molecule has 0 spiro atoms. The number of nitrogens with zero attached hydrogens (tertiary/aromatic N) is 1. The first-order chi connectivity index (χ1) is 9.90. The topological polar surface area (TPSA) is 46.3 Å². The fourth-order valence-electron chi connectivity index (χ4n) is 2.66. The molecule has 0 saturated carbocycles. The van der Waals surface area contributed by atoms with Crippen LogP contribution in [0.15, 0.2) is 24.3 Å². The summed E-state index contributed by atoms with van der Waals surface area (Å²) in [6, 6.07) is 8.36. The summed E-state index contributed by atoms with van der Waals surface area (Å²) in [7, 11) is 4.14. The lowest BCUT2D eigenvalue weighted by atomic mass is 9.90. The van der Waals surface area contributed by atoms with E-state index in [0.29, 0.717) is 5.92 Å². The Bertz CT molecular complexity index is 441. The second-order valence-corrected chi connectivity index (χ2v) is 6.60. The van der Waals surface area contributed by atoms with Crippen molar-refractivity contribution in [2.45, 2.75) is 45.4 Å². The molecule has 0 heterocycles. The van der Waals surface area contributed by atoms with E-state index in [0.717, 1.165) is 37.8 Å². The Kier molecular flexibility index (Phi) is 7.44. The van der Waals surface area contributed by atoms with Crippen molar-refractivity contribution in [3.63, 3.8) is 0 Å².